The summed E-state index contributed by atoms with van der Waals surface area (Å²) in [5.74, 6) is -3.56. The number of aliphatic carboxylic acids is 1. The van der Waals surface area contributed by atoms with Crippen LogP contribution in [-0.4, -0.2) is 35.6 Å². The van der Waals surface area contributed by atoms with E-state index in [0.29, 0.717) is 18.7 Å². The second-order valence-electron chi connectivity index (χ2n) is 4.58. The number of hydrogen-bond acceptors (Lipinski definition) is 2. The van der Waals surface area contributed by atoms with E-state index in [0.717, 1.165) is 18.7 Å². The van der Waals surface area contributed by atoms with Crippen molar-refractivity contribution in [2.45, 2.75) is 12.8 Å². The van der Waals surface area contributed by atoms with Gasteiger partial charge in [-0.3, -0.25) is 4.79 Å². The summed E-state index contributed by atoms with van der Waals surface area (Å²) >= 11 is 0. The van der Waals surface area contributed by atoms with Crippen LogP contribution in [0.4, 0.5) is 8.78 Å². The molecule has 1 aliphatic heterocycles. The van der Waals surface area contributed by atoms with Crippen LogP contribution in [0.15, 0.2) is 18.2 Å². The molecule has 1 aromatic rings. The van der Waals surface area contributed by atoms with Crippen molar-refractivity contribution in [3.05, 3.63) is 35.4 Å². The van der Waals surface area contributed by atoms with Gasteiger partial charge in [-0.1, -0.05) is 13.0 Å². The fourth-order valence-corrected chi connectivity index (χ4v) is 2.47. The Morgan fingerprint density at radius 3 is 2.67 bits per heavy atom. The molecule has 2 atom stereocenters. The number of likely N-dealkylation sites (tertiary alicyclic amines) is 1. The van der Waals surface area contributed by atoms with E-state index < -0.39 is 23.5 Å². The van der Waals surface area contributed by atoms with Crippen LogP contribution in [0.5, 0.6) is 0 Å². The van der Waals surface area contributed by atoms with Gasteiger partial charge in [0, 0.05) is 19.0 Å². The fourth-order valence-electron chi connectivity index (χ4n) is 2.47. The minimum atomic E-state index is -0.924. The molecule has 1 heterocycles. The van der Waals surface area contributed by atoms with Gasteiger partial charge in [-0.2, -0.15) is 0 Å². The maximum atomic E-state index is 13.2. The van der Waals surface area contributed by atoms with E-state index in [-0.39, 0.29) is 5.92 Å². The first-order valence-electron chi connectivity index (χ1n) is 5.93. The Balaban J connectivity index is 2.29. The van der Waals surface area contributed by atoms with Gasteiger partial charge in [-0.05, 0) is 24.2 Å². The molecule has 0 aromatic heterocycles. The van der Waals surface area contributed by atoms with Crippen LogP contribution in [0, 0.1) is 17.6 Å². The maximum absolute atomic E-state index is 13.2. The zero-order valence-corrected chi connectivity index (χ0v) is 10.1. The highest BCUT2D eigenvalue weighted by Gasteiger charge is 2.38. The van der Waals surface area contributed by atoms with Crippen molar-refractivity contribution in [3.8, 4) is 0 Å². The average molecular weight is 255 g/mol. The minimum absolute atomic E-state index is 0.280. The second kappa shape index (κ2) is 5.02. The quantitative estimate of drug-likeness (QED) is 0.899. The third kappa shape index (κ3) is 2.36. The van der Waals surface area contributed by atoms with Gasteiger partial charge < -0.3 is 10.0 Å². The van der Waals surface area contributed by atoms with Gasteiger partial charge in [-0.25, -0.2) is 8.78 Å². The monoisotopic (exact) mass is 255 g/mol. The van der Waals surface area contributed by atoms with Gasteiger partial charge in [0.25, 0.3) is 0 Å². The summed E-state index contributed by atoms with van der Waals surface area (Å²) in [7, 11) is 0. The Morgan fingerprint density at radius 1 is 1.39 bits per heavy atom. The van der Waals surface area contributed by atoms with E-state index in [4.69, 9.17) is 0 Å². The Kier molecular flexibility index (Phi) is 3.61. The standard InChI is InChI=1S/C13H15F2NO2/c1-2-16-6-9(10(7-16)13(17)18)8-3-4-11(14)12(15)5-8/h3-5,9-10H,2,6-7H2,1H3,(H,17,18). The largest absolute Gasteiger partial charge is 0.481 e. The molecular weight excluding hydrogens is 240 g/mol. The van der Waals surface area contributed by atoms with Crippen molar-refractivity contribution in [1.29, 1.82) is 0 Å². The first kappa shape index (κ1) is 13.0. The zero-order chi connectivity index (χ0) is 13.3. The van der Waals surface area contributed by atoms with Crippen molar-refractivity contribution in [1.82, 2.24) is 4.90 Å². The van der Waals surface area contributed by atoms with E-state index >= 15 is 0 Å². The first-order valence-corrected chi connectivity index (χ1v) is 5.93. The molecule has 0 spiro atoms. The number of halogens is 2. The van der Waals surface area contributed by atoms with Gasteiger partial charge >= 0.3 is 5.97 Å². The smallest absolute Gasteiger partial charge is 0.308 e. The normalized spacial score (nSPS) is 24.4. The van der Waals surface area contributed by atoms with E-state index in [9.17, 15) is 18.7 Å². The molecule has 0 amide bonds. The van der Waals surface area contributed by atoms with Gasteiger partial charge in [0.15, 0.2) is 11.6 Å². The van der Waals surface area contributed by atoms with E-state index in [1.54, 1.807) is 0 Å². The zero-order valence-electron chi connectivity index (χ0n) is 10.1. The first-order chi connectivity index (χ1) is 8.52. The molecule has 1 saturated heterocycles. The number of likely N-dealkylation sites (N-methyl/N-ethyl adjacent to an activating group) is 1. The third-order valence-electron chi connectivity index (χ3n) is 3.53. The Morgan fingerprint density at radius 2 is 2.11 bits per heavy atom. The molecule has 0 aliphatic carbocycles. The molecule has 18 heavy (non-hydrogen) atoms. The highest BCUT2D eigenvalue weighted by atomic mass is 19.2. The van der Waals surface area contributed by atoms with E-state index in [2.05, 4.69) is 0 Å². The summed E-state index contributed by atoms with van der Waals surface area (Å²) < 4.78 is 26.1. The topological polar surface area (TPSA) is 40.5 Å². The van der Waals surface area contributed by atoms with Crippen molar-refractivity contribution in [2.75, 3.05) is 19.6 Å². The summed E-state index contributed by atoms with van der Waals surface area (Å²) in [6.45, 7) is 3.73. The number of carbonyl (C=O) groups is 1. The molecule has 2 rings (SSSR count). The predicted octanol–water partition coefficient (Wildman–Crippen LogP) is 2.08. The molecule has 3 nitrogen and oxygen atoms in total. The highest BCUT2D eigenvalue weighted by molar-refractivity contribution is 5.72. The van der Waals surface area contributed by atoms with Gasteiger partial charge in [0.1, 0.15) is 0 Å². The van der Waals surface area contributed by atoms with E-state index in [1.165, 1.54) is 6.07 Å². The van der Waals surface area contributed by atoms with Crippen LogP contribution in [-0.2, 0) is 4.79 Å². The lowest BCUT2D eigenvalue weighted by molar-refractivity contribution is -0.141. The SMILES string of the molecule is CCN1CC(C(=O)O)C(c2ccc(F)c(F)c2)C1. The van der Waals surface area contributed by atoms with Gasteiger partial charge in [0.05, 0.1) is 5.92 Å². The lowest BCUT2D eigenvalue weighted by Crippen LogP contribution is -2.23. The molecule has 2 unspecified atom stereocenters. The molecule has 5 heteroatoms. The van der Waals surface area contributed by atoms with Crippen LogP contribution in [0.25, 0.3) is 0 Å². The molecule has 1 fully saturated rings. The fraction of sp³-hybridized carbons (Fsp3) is 0.462. The molecule has 0 radical (unpaired) electrons. The number of carboxylic acid groups (broad SMARTS) is 1. The molecule has 0 saturated carbocycles. The Bertz CT molecular complexity index is 464. The van der Waals surface area contributed by atoms with E-state index in [1.807, 2.05) is 11.8 Å². The maximum Gasteiger partial charge on any atom is 0.308 e. The molecule has 1 N–H and O–H groups in total. The van der Waals surface area contributed by atoms with Crippen LogP contribution in [0.2, 0.25) is 0 Å². The van der Waals surface area contributed by atoms with Gasteiger partial charge in [0.2, 0.25) is 0 Å². The minimum Gasteiger partial charge on any atom is -0.481 e. The van der Waals surface area contributed by atoms with Crippen molar-refractivity contribution in [2.24, 2.45) is 5.92 Å². The van der Waals surface area contributed by atoms with Crippen LogP contribution in [0.1, 0.15) is 18.4 Å². The predicted molar refractivity (Wildman–Crippen MR) is 62.3 cm³/mol. The number of hydrogen-bond donors (Lipinski definition) is 1. The summed E-state index contributed by atoms with van der Waals surface area (Å²) in [6.07, 6.45) is 0. The third-order valence-corrected chi connectivity index (χ3v) is 3.53. The summed E-state index contributed by atoms with van der Waals surface area (Å²) in [5, 5.41) is 9.19. The molecule has 1 aromatic carbocycles. The number of benzene rings is 1. The molecule has 1 aliphatic rings. The lowest BCUT2D eigenvalue weighted by Gasteiger charge is -2.15. The number of rotatable bonds is 3. The summed E-state index contributed by atoms with van der Waals surface area (Å²) in [6, 6.07) is 3.63. The Hall–Kier alpha value is -1.49. The number of nitrogens with zero attached hydrogens (tertiary/aromatic N) is 1. The van der Waals surface area contributed by atoms with Crippen molar-refractivity contribution in [3.63, 3.8) is 0 Å². The lowest BCUT2D eigenvalue weighted by atomic mass is 9.89. The Labute approximate surface area is 104 Å². The second-order valence-corrected chi connectivity index (χ2v) is 4.58. The van der Waals surface area contributed by atoms with Gasteiger partial charge in [-0.15, -0.1) is 0 Å². The number of carboxylic acids is 1. The molecular formula is C13H15F2NO2. The summed E-state index contributed by atoms with van der Waals surface area (Å²) in [4.78, 5) is 13.2. The van der Waals surface area contributed by atoms with Crippen LogP contribution >= 0.6 is 0 Å². The average Bonchev–Trinajstić information content (AvgIpc) is 2.77. The van der Waals surface area contributed by atoms with Crippen LogP contribution in [0.3, 0.4) is 0 Å². The van der Waals surface area contributed by atoms with Crippen molar-refractivity contribution < 1.29 is 18.7 Å². The molecule has 98 valence electrons. The molecule has 0 bridgehead atoms. The summed E-state index contributed by atoms with van der Waals surface area (Å²) in [5.41, 5.74) is 0.553. The van der Waals surface area contributed by atoms with Crippen molar-refractivity contribution >= 4 is 5.97 Å². The highest BCUT2D eigenvalue weighted by Crippen LogP contribution is 2.33. The van der Waals surface area contributed by atoms with Crippen LogP contribution < -0.4 is 0 Å².